The molecule has 0 amide bonds. The van der Waals surface area contributed by atoms with Gasteiger partial charge in [-0.25, -0.2) is 0 Å². The molecule has 2 saturated heterocycles. The summed E-state index contributed by atoms with van der Waals surface area (Å²) in [6.07, 6.45) is 8.57. The number of hydrogen-bond acceptors (Lipinski definition) is 3. The maximum absolute atomic E-state index is 6.22. The van der Waals surface area contributed by atoms with E-state index in [1.165, 1.54) is 58.2 Å². The van der Waals surface area contributed by atoms with Gasteiger partial charge in [-0.15, -0.1) is 0 Å². The van der Waals surface area contributed by atoms with Gasteiger partial charge in [-0.2, -0.15) is 0 Å². The fraction of sp³-hybridized carbons (Fsp3) is 1.00. The van der Waals surface area contributed by atoms with Gasteiger partial charge in [-0.1, -0.05) is 19.3 Å². The zero-order valence-corrected chi connectivity index (χ0v) is 12.8. The van der Waals surface area contributed by atoms with Crippen molar-refractivity contribution in [1.29, 1.82) is 0 Å². The summed E-state index contributed by atoms with van der Waals surface area (Å²) in [6.45, 7) is 6.97. The molecule has 3 fully saturated rings. The van der Waals surface area contributed by atoms with Gasteiger partial charge in [0.05, 0.1) is 0 Å². The second-order valence-corrected chi connectivity index (χ2v) is 7.44. The first-order valence-electron chi connectivity index (χ1n) is 8.30. The van der Waals surface area contributed by atoms with Crippen molar-refractivity contribution in [3.63, 3.8) is 0 Å². The molecule has 0 aromatic heterocycles. The number of nitrogens with zero attached hydrogens (tertiary/aromatic N) is 2. The summed E-state index contributed by atoms with van der Waals surface area (Å²) in [6, 6.07) is 0.688. The van der Waals surface area contributed by atoms with Gasteiger partial charge in [0.15, 0.2) is 0 Å². The molecule has 1 aliphatic carbocycles. The van der Waals surface area contributed by atoms with Crippen LogP contribution in [0.4, 0.5) is 0 Å². The fourth-order valence-electron chi connectivity index (χ4n) is 4.93. The van der Waals surface area contributed by atoms with Crippen molar-refractivity contribution >= 4 is 0 Å². The zero-order valence-electron chi connectivity index (χ0n) is 12.8. The Bertz CT molecular complexity index is 307. The van der Waals surface area contributed by atoms with Crippen molar-refractivity contribution < 1.29 is 0 Å². The van der Waals surface area contributed by atoms with E-state index >= 15 is 0 Å². The number of hydrogen-bond donors (Lipinski definition) is 1. The van der Waals surface area contributed by atoms with Crippen LogP contribution >= 0.6 is 0 Å². The lowest BCUT2D eigenvalue weighted by Crippen LogP contribution is -2.59. The van der Waals surface area contributed by atoms with Crippen LogP contribution in [-0.2, 0) is 0 Å². The van der Waals surface area contributed by atoms with Gasteiger partial charge in [0.1, 0.15) is 0 Å². The predicted molar refractivity (Wildman–Crippen MR) is 80.1 cm³/mol. The molecule has 3 heteroatoms. The SMILES string of the molecule is CC1CC(CN)(N2CCC3CCCCC3C2)CN1C. The van der Waals surface area contributed by atoms with E-state index < -0.39 is 0 Å². The van der Waals surface area contributed by atoms with Gasteiger partial charge in [0.2, 0.25) is 0 Å². The van der Waals surface area contributed by atoms with Gasteiger partial charge in [0, 0.05) is 31.2 Å². The molecule has 3 rings (SSSR count). The highest BCUT2D eigenvalue weighted by molar-refractivity contribution is 5.04. The average Bonchev–Trinajstić information content (AvgIpc) is 2.75. The van der Waals surface area contributed by atoms with Crippen LogP contribution in [0.1, 0.15) is 45.4 Å². The maximum atomic E-state index is 6.22. The van der Waals surface area contributed by atoms with Crippen molar-refractivity contribution in [3.8, 4) is 0 Å². The van der Waals surface area contributed by atoms with Crippen molar-refractivity contribution in [1.82, 2.24) is 9.80 Å². The Balaban J connectivity index is 1.71. The Kier molecular flexibility index (Phi) is 3.89. The third-order valence-electron chi connectivity index (χ3n) is 6.31. The first-order chi connectivity index (χ1) is 9.14. The highest BCUT2D eigenvalue weighted by atomic mass is 15.3. The average molecular weight is 265 g/mol. The summed E-state index contributed by atoms with van der Waals surface area (Å²) in [5, 5.41) is 0. The summed E-state index contributed by atoms with van der Waals surface area (Å²) < 4.78 is 0. The number of rotatable bonds is 2. The summed E-state index contributed by atoms with van der Waals surface area (Å²) in [5.74, 6) is 1.99. The predicted octanol–water partition coefficient (Wildman–Crippen LogP) is 1.92. The number of piperidine rings is 1. The summed E-state index contributed by atoms with van der Waals surface area (Å²) in [7, 11) is 2.26. The molecule has 0 spiro atoms. The monoisotopic (exact) mass is 265 g/mol. The minimum Gasteiger partial charge on any atom is -0.329 e. The Morgan fingerprint density at radius 1 is 1.16 bits per heavy atom. The molecule has 2 aliphatic heterocycles. The molecule has 110 valence electrons. The lowest BCUT2D eigenvalue weighted by Gasteiger charge is -2.49. The van der Waals surface area contributed by atoms with E-state index in [-0.39, 0.29) is 5.54 Å². The quantitative estimate of drug-likeness (QED) is 0.828. The molecular weight excluding hydrogens is 234 g/mol. The van der Waals surface area contributed by atoms with E-state index in [9.17, 15) is 0 Å². The smallest absolute Gasteiger partial charge is 0.0473 e. The maximum Gasteiger partial charge on any atom is 0.0473 e. The molecule has 1 saturated carbocycles. The molecule has 2 heterocycles. The van der Waals surface area contributed by atoms with Crippen molar-refractivity contribution in [2.45, 2.75) is 57.0 Å². The minimum atomic E-state index is 0.274. The molecule has 0 aromatic carbocycles. The van der Waals surface area contributed by atoms with Gasteiger partial charge in [-0.05, 0) is 51.6 Å². The summed E-state index contributed by atoms with van der Waals surface area (Å²) in [5.41, 5.74) is 6.50. The summed E-state index contributed by atoms with van der Waals surface area (Å²) >= 11 is 0. The third kappa shape index (κ3) is 2.45. The van der Waals surface area contributed by atoms with E-state index in [1.54, 1.807) is 0 Å². The topological polar surface area (TPSA) is 32.5 Å². The van der Waals surface area contributed by atoms with Crippen LogP contribution in [0.25, 0.3) is 0 Å². The Morgan fingerprint density at radius 2 is 1.89 bits per heavy atom. The van der Waals surface area contributed by atoms with Crippen LogP contribution in [-0.4, -0.2) is 54.6 Å². The minimum absolute atomic E-state index is 0.274. The fourth-order valence-corrected chi connectivity index (χ4v) is 4.93. The van der Waals surface area contributed by atoms with Crippen LogP contribution < -0.4 is 5.73 Å². The van der Waals surface area contributed by atoms with E-state index in [1.807, 2.05) is 0 Å². The highest BCUT2D eigenvalue weighted by Crippen LogP contribution is 2.40. The first-order valence-corrected chi connectivity index (χ1v) is 8.30. The molecule has 0 bridgehead atoms. The Labute approximate surface area is 118 Å². The normalized spacial score (nSPS) is 45.3. The van der Waals surface area contributed by atoms with Crippen molar-refractivity contribution in [3.05, 3.63) is 0 Å². The van der Waals surface area contributed by atoms with Gasteiger partial charge < -0.3 is 10.6 Å². The Hall–Kier alpha value is -0.120. The zero-order chi connectivity index (χ0) is 13.5. The van der Waals surface area contributed by atoms with Crippen molar-refractivity contribution in [2.24, 2.45) is 17.6 Å². The molecule has 2 N–H and O–H groups in total. The van der Waals surface area contributed by atoms with Crippen LogP contribution in [0.5, 0.6) is 0 Å². The van der Waals surface area contributed by atoms with Crippen LogP contribution in [0, 0.1) is 11.8 Å². The first kappa shape index (κ1) is 13.8. The second-order valence-electron chi connectivity index (χ2n) is 7.44. The molecular formula is C16H31N3. The van der Waals surface area contributed by atoms with E-state index in [0.717, 1.165) is 18.4 Å². The molecule has 0 radical (unpaired) electrons. The third-order valence-corrected chi connectivity index (χ3v) is 6.31. The van der Waals surface area contributed by atoms with E-state index in [2.05, 4.69) is 23.8 Å². The molecule has 0 aromatic rings. The van der Waals surface area contributed by atoms with E-state index in [4.69, 9.17) is 5.73 Å². The molecule has 4 atom stereocenters. The Morgan fingerprint density at radius 3 is 2.53 bits per heavy atom. The van der Waals surface area contributed by atoms with Gasteiger partial charge >= 0.3 is 0 Å². The number of fused-ring (bicyclic) bond motifs is 1. The largest absolute Gasteiger partial charge is 0.329 e. The van der Waals surface area contributed by atoms with Crippen LogP contribution in [0.15, 0.2) is 0 Å². The van der Waals surface area contributed by atoms with E-state index in [0.29, 0.717) is 6.04 Å². The number of likely N-dealkylation sites (N-methyl/N-ethyl adjacent to an activating group) is 1. The van der Waals surface area contributed by atoms with Crippen LogP contribution in [0.2, 0.25) is 0 Å². The lowest BCUT2D eigenvalue weighted by molar-refractivity contribution is 0.0122. The van der Waals surface area contributed by atoms with Gasteiger partial charge in [-0.3, -0.25) is 4.90 Å². The van der Waals surface area contributed by atoms with Gasteiger partial charge in [0.25, 0.3) is 0 Å². The number of likely N-dealkylation sites (tertiary alicyclic amines) is 2. The standard InChI is InChI=1S/C16H31N3/c1-13-9-16(11-17,12-18(13)2)19-8-7-14-5-3-4-6-15(14)10-19/h13-15H,3-12,17H2,1-2H3. The van der Waals surface area contributed by atoms with Crippen LogP contribution in [0.3, 0.4) is 0 Å². The number of nitrogens with two attached hydrogens (primary N) is 1. The molecule has 3 nitrogen and oxygen atoms in total. The molecule has 19 heavy (non-hydrogen) atoms. The summed E-state index contributed by atoms with van der Waals surface area (Å²) in [4.78, 5) is 5.28. The highest BCUT2D eigenvalue weighted by Gasteiger charge is 2.46. The second kappa shape index (κ2) is 5.34. The molecule has 4 unspecified atom stereocenters. The van der Waals surface area contributed by atoms with Crippen molar-refractivity contribution in [2.75, 3.05) is 33.2 Å². The lowest BCUT2D eigenvalue weighted by atomic mass is 9.74. The molecule has 3 aliphatic rings.